The highest BCUT2D eigenvalue weighted by molar-refractivity contribution is 7.91. The van der Waals surface area contributed by atoms with Crippen LogP contribution in [0, 0.1) is 0 Å². The van der Waals surface area contributed by atoms with E-state index in [1.54, 1.807) is 24.3 Å². The number of amides is 1. The van der Waals surface area contributed by atoms with Crippen LogP contribution in [-0.2, 0) is 10.0 Å². The molecule has 9 heteroatoms. The fourth-order valence-corrected chi connectivity index (χ4v) is 4.89. The molecule has 0 saturated carbocycles. The molecule has 1 fully saturated rings. The Labute approximate surface area is 138 Å². The van der Waals surface area contributed by atoms with E-state index in [0.717, 1.165) is 30.6 Å². The second-order valence-corrected chi connectivity index (χ2v) is 8.25. The summed E-state index contributed by atoms with van der Waals surface area (Å²) >= 11 is 0.873. The van der Waals surface area contributed by atoms with Gasteiger partial charge in [-0.25, -0.2) is 8.42 Å². The molecule has 0 unspecified atom stereocenters. The van der Waals surface area contributed by atoms with E-state index in [9.17, 15) is 13.2 Å². The summed E-state index contributed by atoms with van der Waals surface area (Å²) in [7, 11) is -3.61. The van der Waals surface area contributed by atoms with Crippen molar-refractivity contribution in [3.05, 3.63) is 35.9 Å². The Hall–Kier alpha value is -1.84. The lowest BCUT2D eigenvalue weighted by Gasteiger charge is -2.24. The summed E-state index contributed by atoms with van der Waals surface area (Å²) in [6.07, 6.45) is 2.76. The highest BCUT2D eigenvalue weighted by atomic mass is 32.2. The van der Waals surface area contributed by atoms with E-state index in [1.165, 1.54) is 4.31 Å². The van der Waals surface area contributed by atoms with Gasteiger partial charge in [0.2, 0.25) is 9.47 Å². The molecule has 23 heavy (non-hydrogen) atoms. The molecule has 122 valence electrons. The maximum Gasteiger partial charge on any atom is 0.272 e. The van der Waals surface area contributed by atoms with Crippen LogP contribution in [0.5, 0.6) is 0 Å². The predicted molar refractivity (Wildman–Crippen MR) is 86.9 cm³/mol. The normalized spacial score (nSPS) is 16.2. The maximum atomic E-state index is 12.5. The molecule has 3 rings (SSSR count). The summed E-state index contributed by atoms with van der Waals surface area (Å²) in [6, 6.07) is 8.65. The van der Waals surface area contributed by atoms with E-state index < -0.39 is 10.0 Å². The number of benzene rings is 1. The number of hydrogen-bond acceptors (Lipinski definition) is 6. The lowest BCUT2D eigenvalue weighted by molar-refractivity contribution is 0.102. The number of carbonyl (C=O) groups is 1. The average Bonchev–Trinajstić information content (AvgIpc) is 3.06. The highest BCUT2D eigenvalue weighted by Crippen LogP contribution is 2.25. The molecule has 0 atom stereocenters. The number of piperidine rings is 1. The summed E-state index contributed by atoms with van der Waals surface area (Å²) in [5.41, 5.74) is 0.475. The number of nitrogens with one attached hydrogen (secondary N) is 1. The van der Waals surface area contributed by atoms with Gasteiger partial charge >= 0.3 is 0 Å². The minimum absolute atomic E-state index is 0.0808. The van der Waals surface area contributed by atoms with E-state index in [1.807, 2.05) is 6.07 Å². The number of nitrogens with zero attached hydrogens (tertiary/aromatic N) is 3. The molecule has 1 saturated heterocycles. The second-order valence-electron chi connectivity index (χ2n) is 5.16. The molecule has 2 heterocycles. The molecular weight excluding hydrogens is 336 g/mol. The fourth-order valence-electron chi connectivity index (χ4n) is 2.34. The fraction of sp³-hybridized carbons (Fsp3) is 0.357. The molecule has 1 aromatic carbocycles. The van der Waals surface area contributed by atoms with Gasteiger partial charge in [-0.1, -0.05) is 36.0 Å². The topological polar surface area (TPSA) is 92.3 Å². The standard InChI is InChI=1S/C14H16N4O3S2/c19-12(11-7-3-1-4-8-11)15-13-16-17-14(22-13)23(20,21)18-9-5-2-6-10-18/h1,3-4,7-8H,2,5-6,9-10H2,(H,15,16,19). The van der Waals surface area contributed by atoms with Crippen molar-refractivity contribution < 1.29 is 13.2 Å². The monoisotopic (exact) mass is 352 g/mol. The van der Waals surface area contributed by atoms with E-state index >= 15 is 0 Å². The third kappa shape index (κ3) is 3.57. The molecule has 0 spiro atoms. The van der Waals surface area contributed by atoms with E-state index in [4.69, 9.17) is 0 Å². The van der Waals surface area contributed by atoms with Crippen LogP contribution in [0.15, 0.2) is 34.7 Å². The average molecular weight is 352 g/mol. The van der Waals surface area contributed by atoms with Crippen molar-refractivity contribution in [2.75, 3.05) is 18.4 Å². The zero-order valence-corrected chi connectivity index (χ0v) is 13.9. The lowest BCUT2D eigenvalue weighted by atomic mass is 10.2. The molecule has 0 radical (unpaired) electrons. The zero-order chi connectivity index (χ0) is 16.3. The van der Waals surface area contributed by atoms with Crippen molar-refractivity contribution in [3.63, 3.8) is 0 Å². The quantitative estimate of drug-likeness (QED) is 0.849. The van der Waals surface area contributed by atoms with Gasteiger partial charge in [-0.3, -0.25) is 10.1 Å². The van der Waals surface area contributed by atoms with Crippen molar-refractivity contribution in [2.45, 2.75) is 23.6 Å². The smallest absolute Gasteiger partial charge is 0.272 e. The third-order valence-corrected chi connectivity index (χ3v) is 6.62. The number of anilines is 1. The molecule has 1 aliphatic heterocycles. The van der Waals surface area contributed by atoms with Gasteiger partial charge in [0.1, 0.15) is 0 Å². The lowest BCUT2D eigenvalue weighted by Crippen LogP contribution is -2.35. The van der Waals surface area contributed by atoms with Crippen molar-refractivity contribution >= 4 is 32.4 Å². The van der Waals surface area contributed by atoms with Gasteiger partial charge < -0.3 is 0 Å². The molecule has 7 nitrogen and oxygen atoms in total. The van der Waals surface area contributed by atoms with Gasteiger partial charge in [-0.2, -0.15) is 4.31 Å². The van der Waals surface area contributed by atoms with Crippen LogP contribution < -0.4 is 5.32 Å². The zero-order valence-electron chi connectivity index (χ0n) is 12.3. The minimum Gasteiger partial charge on any atom is -0.296 e. The van der Waals surface area contributed by atoms with Gasteiger partial charge in [-0.15, -0.1) is 10.2 Å². The van der Waals surface area contributed by atoms with Gasteiger partial charge in [0.15, 0.2) is 0 Å². The van der Waals surface area contributed by atoms with Crippen LogP contribution in [0.25, 0.3) is 0 Å². The summed E-state index contributed by atoms with van der Waals surface area (Å²) in [4.78, 5) is 12.0. The van der Waals surface area contributed by atoms with E-state index in [2.05, 4.69) is 15.5 Å². The highest BCUT2D eigenvalue weighted by Gasteiger charge is 2.29. The summed E-state index contributed by atoms with van der Waals surface area (Å²) in [6.45, 7) is 1.02. The first-order valence-corrected chi connectivity index (χ1v) is 9.53. The molecule has 1 aliphatic rings. The number of hydrogen-bond donors (Lipinski definition) is 1. The largest absolute Gasteiger partial charge is 0.296 e. The van der Waals surface area contributed by atoms with Crippen LogP contribution in [-0.4, -0.2) is 41.9 Å². The van der Waals surface area contributed by atoms with Crippen LogP contribution in [0.2, 0.25) is 0 Å². The van der Waals surface area contributed by atoms with Crippen LogP contribution in [0.1, 0.15) is 29.6 Å². The maximum absolute atomic E-state index is 12.5. The number of sulfonamides is 1. The van der Waals surface area contributed by atoms with Gasteiger partial charge in [-0.05, 0) is 25.0 Å². The van der Waals surface area contributed by atoms with Crippen molar-refractivity contribution in [1.29, 1.82) is 0 Å². The summed E-state index contributed by atoms with van der Waals surface area (Å²) < 4.78 is 26.3. The molecule has 0 bridgehead atoms. The van der Waals surface area contributed by atoms with Crippen LogP contribution >= 0.6 is 11.3 Å². The first-order valence-electron chi connectivity index (χ1n) is 7.27. The first-order chi connectivity index (χ1) is 11.1. The Bertz CT molecular complexity index is 783. The molecular formula is C14H16N4O3S2. The SMILES string of the molecule is O=C(Nc1nnc(S(=O)(=O)N2CCCCC2)s1)c1ccccc1. The molecule has 2 aromatic rings. The molecule has 0 aliphatic carbocycles. The molecule has 1 N–H and O–H groups in total. The van der Waals surface area contributed by atoms with Gasteiger partial charge in [0, 0.05) is 18.7 Å². The van der Waals surface area contributed by atoms with E-state index in [-0.39, 0.29) is 15.4 Å². The third-order valence-electron chi connectivity index (χ3n) is 3.54. The Morgan fingerprint density at radius 2 is 1.78 bits per heavy atom. The van der Waals surface area contributed by atoms with Crippen molar-refractivity contribution in [2.24, 2.45) is 0 Å². The van der Waals surface area contributed by atoms with E-state index in [0.29, 0.717) is 18.7 Å². The Kier molecular flexibility index (Phi) is 4.69. The van der Waals surface area contributed by atoms with Crippen molar-refractivity contribution in [1.82, 2.24) is 14.5 Å². The number of carbonyl (C=O) groups excluding carboxylic acids is 1. The summed E-state index contributed by atoms with van der Waals surface area (Å²) in [5, 5.41) is 10.3. The van der Waals surface area contributed by atoms with Crippen LogP contribution in [0.3, 0.4) is 0 Å². The predicted octanol–water partition coefficient (Wildman–Crippen LogP) is 1.96. The first kappa shape index (κ1) is 16.0. The van der Waals surface area contributed by atoms with Gasteiger partial charge in [0.05, 0.1) is 0 Å². The minimum atomic E-state index is -3.61. The molecule has 1 amide bonds. The Morgan fingerprint density at radius 1 is 1.09 bits per heavy atom. The van der Waals surface area contributed by atoms with Gasteiger partial charge in [0.25, 0.3) is 15.9 Å². The number of aromatic nitrogens is 2. The molecule has 1 aromatic heterocycles. The second kappa shape index (κ2) is 6.73. The Balaban J connectivity index is 1.74. The Morgan fingerprint density at radius 3 is 2.48 bits per heavy atom. The van der Waals surface area contributed by atoms with Crippen LogP contribution in [0.4, 0.5) is 5.13 Å². The van der Waals surface area contributed by atoms with Crippen molar-refractivity contribution in [3.8, 4) is 0 Å². The number of rotatable bonds is 4. The summed E-state index contributed by atoms with van der Waals surface area (Å²) in [5.74, 6) is -0.344.